The van der Waals surface area contributed by atoms with Gasteiger partial charge in [-0.2, -0.15) is 13.2 Å². The molecule has 0 radical (unpaired) electrons. The van der Waals surface area contributed by atoms with Crippen LogP contribution in [0.1, 0.15) is 48.4 Å². The van der Waals surface area contributed by atoms with E-state index in [1.807, 2.05) is 18.2 Å². The summed E-state index contributed by atoms with van der Waals surface area (Å²) < 4.78 is 37.8. The molecule has 8 heteroatoms. The Morgan fingerprint density at radius 1 is 1.03 bits per heavy atom. The van der Waals surface area contributed by atoms with Crippen LogP contribution in [-0.4, -0.2) is 22.4 Å². The summed E-state index contributed by atoms with van der Waals surface area (Å²) >= 11 is -0.170. The molecule has 152 valence electrons. The number of carbonyl (C=O) groups excluding carboxylic acids is 1. The maximum Gasteiger partial charge on any atom is 0.446 e. The quantitative estimate of drug-likeness (QED) is 0.697. The lowest BCUT2D eigenvalue weighted by Crippen LogP contribution is -2.23. The first-order chi connectivity index (χ1) is 13.8. The lowest BCUT2D eigenvalue weighted by atomic mass is 9.98. The Hall–Kier alpha value is -2.48. The minimum atomic E-state index is -4.35. The van der Waals surface area contributed by atoms with Crippen LogP contribution in [0.3, 0.4) is 0 Å². The minimum Gasteiger partial charge on any atom is -0.350 e. The van der Waals surface area contributed by atoms with Crippen molar-refractivity contribution in [3.8, 4) is 0 Å². The van der Waals surface area contributed by atoms with Gasteiger partial charge in [0.1, 0.15) is 0 Å². The van der Waals surface area contributed by atoms with Crippen LogP contribution in [0.15, 0.2) is 52.2 Å². The second-order valence-electron chi connectivity index (χ2n) is 7.30. The molecule has 2 aliphatic rings. The minimum absolute atomic E-state index is 0.0416. The largest absolute Gasteiger partial charge is 0.446 e. The smallest absolute Gasteiger partial charge is 0.350 e. The molecule has 1 atom stereocenters. The zero-order valence-corrected chi connectivity index (χ0v) is 16.2. The van der Waals surface area contributed by atoms with E-state index in [-0.39, 0.29) is 34.2 Å². The maximum absolute atomic E-state index is 12.6. The molecule has 1 aromatic heterocycles. The molecular formula is C21H19F3N2O2S. The zero-order valence-electron chi connectivity index (χ0n) is 15.4. The average Bonchev–Trinajstić information content (AvgIpc) is 3.41. The van der Waals surface area contributed by atoms with Crippen molar-refractivity contribution >= 4 is 23.2 Å². The normalized spacial score (nSPS) is 20.0. The third kappa shape index (κ3) is 4.93. The van der Waals surface area contributed by atoms with Crippen molar-refractivity contribution < 1.29 is 18.0 Å². The number of carbonyl (C=O) groups is 1. The number of amides is 1. The predicted molar refractivity (Wildman–Crippen MR) is 106 cm³/mol. The molecule has 2 aromatic rings. The number of rotatable bonds is 5. The summed E-state index contributed by atoms with van der Waals surface area (Å²) in [5.74, 6) is 0.271. The second-order valence-corrected chi connectivity index (χ2v) is 8.43. The number of thioether (sulfide) groups is 1. The van der Waals surface area contributed by atoms with Gasteiger partial charge in [-0.15, -0.1) is 0 Å². The molecule has 1 aliphatic heterocycles. The van der Waals surface area contributed by atoms with Crippen LogP contribution in [0, 0.1) is 0 Å². The summed E-state index contributed by atoms with van der Waals surface area (Å²) in [6, 6.07) is 9.48. The average molecular weight is 420 g/mol. The van der Waals surface area contributed by atoms with Gasteiger partial charge in [0.15, 0.2) is 0 Å². The fraction of sp³-hybridized carbons (Fsp3) is 0.333. The lowest BCUT2D eigenvalue weighted by Gasteiger charge is -2.13. The van der Waals surface area contributed by atoms with E-state index in [1.54, 1.807) is 12.1 Å². The van der Waals surface area contributed by atoms with Crippen molar-refractivity contribution in [1.29, 1.82) is 0 Å². The molecule has 2 N–H and O–H groups in total. The van der Waals surface area contributed by atoms with Crippen molar-refractivity contribution in [2.75, 3.05) is 0 Å². The Kier molecular flexibility index (Phi) is 5.29. The van der Waals surface area contributed by atoms with Crippen LogP contribution in [0.5, 0.6) is 0 Å². The van der Waals surface area contributed by atoms with Gasteiger partial charge < -0.3 is 10.3 Å². The fourth-order valence-corrected chi connectivity index (χ4v) is 4.04. The first-order valence-corrected chi connectivity index (χ1v) is 10.2. The third-order valence-corrected chi connectivity index (χ3v) is 5.78. The zero-order chi connectivity index (χ0) is 20.6. The van der Waals surface area contributed by atoms with Gasteiger partial charge in [0.25, 0.3) is 5.56 Å². The number of aromatic nitrogens is 1. The molecular weight excluding hydrogens is 401 g/mol. The summed E-state index contributed by atoms with van der Waals surface area (Å²) in [4.78, 5) is 27.0. The van der Waals surface area contributed by atoms with E-state index in [9.17, 15) is 22.8 Å². The van der Waals surface area contributed by atoms with Gasteiger partial charge in [-0.3, -0.25) is 9.59 Å². The van der Waals surface area contributed by atoms with Gasteiger partial charge in [-0.25, -0.2) is 0 Å². The van der Waals surface area contributed by atoms with E-state index < -0.39 is 5.51 Å². The number of nitrogens with one attached hydrogen (secondary N) is 2. The van der Waals surface area contributed by atoms with Gasteiger partial charge >= 0.3 is 5.51 Å². The molecule has 1 amide bonds. The Balaban J connectivity index is 1.69. The number of alkyl halides is 3. The van der Waals surface area contributed by atoms with Gasteiger partial charge in [-0.1, -0.05) is 24.3 Å². The first-order valence-electron chi connectivity index (χ1n) is 9.39. The van der Waals surface area contributed by atoms with Crippen LogP contribution in [0.4, 0.5) is 13.2 Å². The Morgan fingerprint density at radius 3 is 2.31 bits per heavy atom. The number of halogens is 3. The second kappa shape index (κ2) is 7.74. The summed E-state index contributed by atoms with van der Waals surface area (Å²) in [5, 5.41) is 2.86. The highest BCUT2D eigenvalue weighted by atomic mass is 32.2. The highest BCUT2D eigenvalue weighted by molar-refractivity contribution is 8.00. The van der Waals surface area contributed by atoms with Gasteiger partial charge in [-0.05, 0) is 60.7 Å². The number of hydrogen-bond acceptors (Lipinski definition) is 3. The molecule has 2 heterocycles. The summed E-state index contributed by atoms with van der Waals surface area (Å²) in [5.41, 5.74) is -1.79. The van der Waals surface area contributed by atoms with E-state index in [0.29, 0.717) is 35.6 Å². The molecule has 2 fully saturated rings. The predicted octanol–water partition coefficient (Wildman–Crippen LogP) is 4.57. The van der Waals surface area contributed by atoms with Crippen molar-refractivity contribution in [1.82, 2.24) is 10.3 Å². The van der Waals surface area contributed by atoms with Crippen molar-refractivity contribution in [2.45, 2.75) is 48.0 Å². The molecule has 1 saturated carbocycles. The molecule has 4 rings (SSSR count). The lowest BCUT2D eigenvalue weighted by molar-refractivity contribution is -0.119. The van der Waals surface area contributed by atoms with Gasteiger partial charge in [0, 0.05) is 34.2 Å². The molecule has 0 spiro atoms. The van der Waals surface area contributed by atoms with Gasteiger partial charge in [0.2, 0.25) is 5.91 Å². The van der Waals surface area contributed by atoms with E-state index in [2.05, 4.69) is 10.3 Å². The molecule has 1 aliphatic carbocycles. The van der Waals surface area contributed by atoms with E-state index >= 15 is 0 Å². The molecule has 1 aromatic carbocycles. The molecule has 29 heavy (non-hydrogen) atoms. The Bertz CT molecular complexity index is 1010. The molecule has 1 saturated heterocycles. The molecule has 4 nitrogen and oxygen atoms in total. The van der Waals surface area contributed by atoms with E-state index in [1.165, 1.54) is 12.1 Å². The SMILES string of the molecule is O=C1CC[C@H](C=C(c2ccc(SC(F)(F)F)cc2)c2ccc(C3CC3)c(=O)[nH]2)N1. The summed E-state index contributed by atoms with van der Waals surface area (Å²) in [7, 11) is 0. The van der Waals surface area contributed by atoms with Gasteiger partial charge in [0.05, 0.1) is 0 Å². The van der Waals surface area contributed by atoms with Crippen LogP contribution >= 0.6 is 11.8 Å². The van der Waals surface area contributed by atoms with Crippen molar-refractivity contribution in [3.63, 3.8) is 0 Å². The number of pyridine rings is 1. The Labute approximate surface area is 169 Å². The molecule has 0 bridgehead atoms. The number of H-pyrrole nitrogens is 1. The number of benzene rings is 1. The van der Waals surface area contributed by atoms with Crippen molar-refractivity contribution in [3.05, 3.63) is 69.6 Å². The number of aromatic amines is 1. The van der Waals surface area contributed by atoms with Crippen LogP contribution in [0.25, 0.3) is 5.57 Å². The van der Waals surface area contributed by atoms with Crippen molar-refractivity contribution in [2.24, 2.45) is 0 Å². The Morgan fingerprint density at radius 2 is 1.76 bits per heavy atom. The van der Waals surface area contributed by atoms with Crippen LogP contribution in [0.2, 0.25) is 0 Å². The van der Waals surface area contributed by atoms with Crippen LogP contribution in [-0.2, 0) is 4.79 Å². The third-order valence-electron chi connectivity index (χ3n) is 5.04. The fourth-order valence-electron chi connectivity index (χ4n) is 3.50. The standard InChI is InChI=1S/C21H19F3N2O2S/c22-21(23,24)29-15-6-3-13(4-7-15)17(11-14-5-10-19(27)25-14)18-9-8-16(12-1-2-12)20(28)26-18/h3-4,6-9,11-12,14H,1-2,5,10H2,(H,25,27)(H,26,28)/t14-/m1/s1. The highest BCUT2D eigenvalue weighted by Gasteiger charge is 2.29. The highest BCUT2D eigenvalue weighted by Crippen LogP contribution is 2.39. The maximum atomic E-state index is 12.6. The number of hydrogen-bond donors (Lipinski definition) is 2. The van der Waals surface area contributed by atoms with E-state index in [0.717, 1.165) is 18.4 Å². The van der Waals surface area contributed by atoms with E-state index in [4.69, 9.17) is 0 Å². The summed E-state index contributed by atoms with van der Waals surface area (Å²) in [6.45, 7) is 0. The first kappa shape index (κ1) is 19.8. The van der Waals surface area contributed by atoms with Crippen LogP contribution < -0.4 is 10.9 Å². The monoisotopic (exact) mass is 420 g/mol. The summed E-state index contributed by atoms with van der Waals surface area (Å²) in [6.07, 6.45) is 4.94. The molecule has 0 unspecified atom stereocenters. The topological polar surface area (TPSA) is 62.0 Å².